The molecule has 2 fully saturated rings. The summed E-state index contributed by atoms with van der Waals surface area (Å²) in [6.45, 7) is 0.942. The fourth-order valence-corrected chi connectivity index (χ4v) is 5.64. The number of likely N-dealkylation sites (tertiary alicyclic amines) is 2. The number of fused-ring (bicyclic) bond motifs is 1. The van der Waals surface area contributed by atoms with Crippen molar-refractivity contribution >= 4 is 40.6 Å². The lowest BCUT2D eigenvalue weighted by atomic mass is 10.0. The molecule has 3 amide bonds. The minimum absolute atomic E-state index is 0.0727. The standard InChI is InChI=1S/C27H38N8O5/c28-18(14-16-15-32-19-7-2-1-6-17(16)19)23(36)33-20(8-3-11-31-27(29)30)24(37)34-12-4-9-21(34)25(38)35-13-5-10-22(35)26(39)40/h1-2,6-7,15,18,20-22,32H,3-5,8-14,28H2,(H,33,36)(H,39,40)(H4,29,30,31). The molecule has 40 heavy (non-hydrogen) atoms. The van der Waals surface area contributed by atoms with Crippen LogP contribution < -0.4 is 22.5 Å². The highest BCUT2D eigenvalue weighted by atomic mass is 16.4. The minimum Gasteiger partial charge on any atom is -0.480 e. The van der Waals surface area contributed by atoms with Crippen molar-refractivity contribution in [2.45, 2.75) is 69.1 Å². The quantitative estimate of drug-likeness (QED) is 0.122. The van der Waals surface area contributed by atoms with Crippen LogP contribution in [-0.2, 0) is 25.6 Å². The summed E-state index contributed by atoms with van der Waals surface area (Å²) in [4.78, 5) is 61.9. The Morgan fingerprint density at radius 3 is 2.50 bits per heavy atom. The highest BCUT2D eigenvalue weighted by Gasteiger charge is 2.43. The molecule has 4 rings (SSSR count). The number of guanidine groups is 1. The number of carbonyl (C=O) groups is 4. The summed E-state index contributed by atoms with van der Waals surface area (Å²) in [5.74, 6) is -2.37. The molecule has 0 saturated carbocycles. The van der Waals surface area contributed by atoms with Crippen LogP contribution in [0.5, 0.6) is 0 Å². The molecule has 9 N–H and O–H groups in total. The smallest absolute Gasteiger partial charge is 0.326 e. The minimum atomic E-state index is -1.05. The summed E-state index contributed by atoms with van der Waals surface area (Å²) in [6, 6.07) is 4.18. The zero-order chi connectivity index (χ0) is 28.8. The number of hydrogen-bond donors (Lipinski definition) is 6. The van der Waals surface area contributed by atoms with Gasteiger partial charge in [0, 0.05) is 36.7 Å². The average Bonchev–Trinajstić information content (AvgIpc) is 3.69. The first kappa shape index (κ1) is 28.9. The van der Waals surface area contributed by atoms with Crippen LogP contribution >= 0.6 is 0 Å². The van der Waals surface area contributed by atoms with Gasteiger partial charge in [-0.1, -0.05) is 18.2 Å². The molecule has 1 aromatic heterocycles. The largest absolute Gasteiger partial charge is 0.480 e. The van der Waals surface area contributed by atoms with E-state index in [2.05, 4.69) is 15.3 Å². The topological polar surface area (TPSA) is 213 Å². The average molecular weight is 555 g/mol. The van der Waals surface area contributed by atoms with Crippen LogP contribution in [0.15, 0.2) is 35.5 Å². The number of nitrogens with one attached hydrogen (secondary N) is 2. The molecule has 13 heteroatoms. The van der Waals surface area contributed by atoms with Gasteiger partial charge in [-0.05, 0) is 56.6 Å². The Balaban J connectivity index is 1.47. The number of aromatic nitrogens is 1. The van der Waals surface area contributed by atoms with Crippen LogP contribution in [0.4, 0.5) is 0 Å². The molecular weight excluding hydrogens is 516 g/mol. The van der Waals surface area contributed by atoms with E-state index < -0.39 is 42.0 Å². The second-order valence-electron chi connectivity index (χ2n) is 10.4. The number of hydrogen-bond acceptors (Lipinski definition) is 6. The number of nitrogens with two attached hydrogens (primary N) is 3. The Hall–Kier alpha value is -4.13. The van der Waals surface area contributed by atoms with Crippen molar-refractivity contribution in [2.24, 2.45) is 22.2 Å². The number of nitrogens with zero attached hydrogens (tertiary/aromatic N) is 3. The van der Waals surface area contributed by atoms with Gasteiger partial charge in [0.15, 0.2) is 5.96 Å². The van der Waals surface area contributed by atoms with Crippen molar-refractivity contribution in [3.05, 3.63) is 36.0 Å². The predicted octanol–water partition coefficient (Wildman–Crippen LogP) is -0.357. The van der Waals surface area contributed by atoms with Crippen molar-refractivity contribution in [1.82, 2.24) is 20.1 Å². The van der Waals surface area contributed by atoms with E-state index >= 15 is 0 Å². The van der Waals surface area contributed by atoms with Gasteiger partial charge in [0.1, 0.15) is 18.1 Å². The van der Waals surface area contributed by atoms with Gasteiger partial charge >= 0.3 is 5.97 Å². The normalized spacial score (nSPS) is 20.3. The van der Waals surface area contributed by atoms with Gasteiger partial charge in [-0.3, -0.25) is 19.4 Å². The summed E-state index contributed by atoms with van der Waals surface area (Å²) in [5, 5.41) is 13.3. The van der Waals surface area contributed by atoms with Gasteiger partial charge in [-0.15, -0.1) is 0 Å². The van der Waals surface area contributed by atoms with E-state index in [1.165, 1.54) is 9.80 Å². The van der Waals surface area contributed by atoms with Gasteiger partial charge in [-0.25, -0.2) is 4.79 Å². The lowest BCUT2D eigenvalue weighted by Gasteiger charge is -2.32. The van der Waals surface area contributed by atoms with Crippen molar-refractivity contribution in [1.29, 1.82) is 0 Å². The zero-order valence-electron chi connectivity index (χ0n) is 22.4. The fourth-order valence-electron chi connectivity index (χ4n) is 5.64. The summed E-state index contributed by atoms with van der Waals surface area (Å²) in [7, 11) is 0. The molecule has 0 spiro atoms. The maximum atomic E-state index is 13.8. The van der Waals surface area contributed by atoms with E-state index in [0.717, 1.165) is 16.5 Å². The summed E-state index contributed by atoms with van der Waals surface area (Å²) in [6.07, 6.45) is 4.75. The van der Waals surface area contributed by atoms with Gasteiger partial charge in [0.2, 0.25) is 17.7 Å². The van der Waals surface area contributed by atoms with E-state index in [4.69, 9.17) is 17.2 Å². The molecule has 2 aliphatic rings. The Morgan fingerprint density at radius 1 is 1.07 bits per heavy atom. The van der Waals surface area contributed by atoms with Crippen molar-refractivity contribution in [3.63, 3.8) is 0 Å². The molecule has 0 bridgehead atoms. The summed E-state index contributed by atoms with van der Waals surface area (Å²) < 4.78 is 0. The number of carboxylic acid groups (broad SMARTS) is 1. The fraction of sp³-hybridized carbons (Fsp3) is 0.519. The van der Waals surface area contributed by atoms with Gasteiger partial charge in [0.25, 0.3) is 0 Å². The first-order valence-corrected chi connectivity index (χ1v) is 13.7. The Bertz CT molecular complexity index is 1270. The molecule has 4 atom stereocenters. The van der Waals surface area contributed by atoms with Crippen LogP contribution in [0.3, 0.4) is 0 Å². The van der Waals surface area contributed by atoms with E-state index in [9.17, 15) is 24.3 Å². The van der Waals surface area contributed by atoms with E-state index in [-0.39, 0.29) is 31.3 Å². The molecule has 0 aliphatic carbocycles. The van der Waals surface area contributed by atoms with E-state index in [1.807, 2.05) is 30.5 Å². The summed E-state index contributed by atoms with van der Waals surface area (Å²) in [5.41, 5.74) is 18.9. The molecular formula is C27H38N8O5. The lowest BCUT2D eigenvalue weighted by Crippen LogP contribution is -2.57. The first-order chi connectivity index (χ1) is 19.2. The second-order valence-corrected chi connectivity index (χ2v) is 10.4. The summed E-state index contributed by atoms with van der Waals surface area (Å²) >= 11 is 0. The van der Waals surface area contributed by atoms with Gasteiger partial charge in [-0.2, -0.15) is 0 Å². The Labute approximate surface area is 232 Å². The Morgan fingerprint density at radius 2 is 1.77 bits per heavy atom. The third-order valence-corrected chi connectivity index (χ3v) is 7.65. The number of rotatable bonds is 11. The SMILES string of the molecule is NC(N)=NCCCC(NC(=O)C(N)Cc1c[nH]c2ccccc12)C(=O)N1CCCC1C(=O)N1CCCC1C(=O)O. The number of H-pyrrole nitrogens is 1. The first-order valence-electron chi connectivity index (χ1n) is 13.7. The number of amides is 3. The molecule has 2 aromatic rings. The van der Waals surface area contributed by atoms with E-state index in [0.29, 0.717) is 45.2 Å². The second kappa shape index (κ2) is 12.8. The van der Waals surface area contributed by atoms with Crippen LogP contribution in [-0.4, -0.2) is 93.3 Å². The van der Waals surface area contributed by atoms with Gasteiger partial charge in [0.05, 0.1) is 6.04 Å². The molecule has 2 saturated heterocycles. The maximum Gasteiger partial charge on any atom is 0.326 e. The number of carbonyl (C=O) groups excluding carboxylic acids is 3. The molecule has 2 aliphatic heterocycles. The third kappa shape index (κ3) is 6.53. The van der Waals surface area contributed by atoms with Crippen LogP contribution in [0, 0.1) is 0 Å². The van der Waals surface area contributed by atoms with Crippen molar-refractivity contribution in [2.75, 3.05) is 19.6 Å². The number of carboxylic acids is 1. The van der Waals surface area contributed by atoms with Crippen LogP contribution in [0.25, 0.3) is 10.9 Å². The highest BCUT2D eigenvalue weighted by Crippen LogP contribution is 2.26. The predicted molar refractivity (Wildman–Crippen MR) is 149 cm³/mol. The molecule has 0 radical (unpaired) electrons. The lowest BCUT2D eigenvalue weighted by molar-refractivity contribution is -0.152. The highest BCUT2D eigenvalue weighted by molar-refractivity contribution is 5.95. The van der Waals surface area contributed by atoms with Crippen LogP contribution in [0.2, 0.25) is 0 Å². The van der Waals surface area contributed by atoms with E-state index in [1.54, 1.807) is 0 Å². The molecule has 4 unspecified atom stereocenters. The van der Waals surface area contributed by atoms with Gasteiger partial charge < -0.3 is 42.4 Å². The molecule has 13 nitrogen and oxygen atoms in total. The van der Waals surface area contributed by atoms with Crippen molar-refractivity contribution < 1.29 is 24.3 Å². The number of benzene rings is 1. The number of para-hydroxylation sites is 1. The Kier molecular flexibility index (Phi) is 9.25. The molecule has 3 heterocycles. The maximum absolute atomic E-state index is 13.8. The van der Waals surface area contributed by atoms with Crippen LogP contribution in [0.1, 0.15) is 44.1 Å². The molecule has 216 valence electrons. The number of aliphatic imine (C=N–C) groups is 1. The number of aromatic amines is 1. The third-order valence-electron chi connectivity index (χ3n) is 7.65. The molecule has 1 aromatic carbocycles. The monoisotopic (exact) mass is 554 g/mol. The zero-order valence-corrected chi connectivity index (χ0v) is 22.4. The van der Waals surface area contributed by atoms with Crippen molar-refractivity contribution in [3.8, 4) is 0 Å². The number of aliphatic carboxylic acids is 1.